The number of rotatable bonds is 5. The summed E-state index contributed by atoms with van der Waals surface area (Å²) in [4.78, 5) is 37.1. The zero-order valence-electron chi connectivity index (χ0n) is 14.5. The number of Topliss-reactive ketones (excluding diaryl/α,β-unsaturated/α-hetero) is 1. The maximum absolute atomic E-state index is 12.7. The van der Waals surface area contributed by atoms with E-state index in [4.69, 9.17) is 0 Å². The zero-order valence-corrected chi connectivity index (χ0v) is 16.1. The molecule has 8 heteroatoms. The van der Waals surface area contributed by atoms with Crippen molar-refractivity contribution in [2.24, 2.45) is 0 Å². The van der Waals surface area contributed by atoms with E-state index >= 15 is 0 Å². The molecule has 0 radical (unpaired) electrons. The SMILES string of the molecule is C=CCN1C(=O)C(=O)/C(=C(\O)c2ccc(Br)cc2)[C@H]1c1cccc([N+](=O)[O-])c1. The molecule has 2 aromatic carbocycles. The molecule has 0 spiro atoms. The molecule has 1 amide bonds. The lowest BCUT2D eigenvalue weighted by Gasteiger charge is -2.23. The number of carbonyl (C=O) groups excluding carboxylic acids is 2. The predicted molar refractivity (Wildman–Crippen MR) is 106 cm³/mol. The topological polar surface area (TPSA) is 101 Å². The highest BCUT2D eigenvalue weighted by Crippen LogP contribution is 2.40. The Balaban J connectivity index is 2.22. The van der Waals surface area contributed by atoms with Crippen LogP contribution in [0, 0.1) is 10.1 Å². The summed E-state index contributed by atoms with van der Waals surface area (Å²) in [7, 11) is 0. The van der Waals surface area contributed by atoms with Crippen molar-refractivity contribution in [2.45, 2.75) is 6.04 Å². The van der Waals surface area contributed by atoms with Gasteiger partial charge in [0.05, 0.1) is 16.5 Å². The molecule has 1 aliphatic rings. The maximum Gasteiger partial charge on any atom is 0.295 e. The Bertz CT molecular complexity index is 1010. The van der Waals surface area contributed by atoms with Gasteiger partial charge in [-0.2, -0.15) is 0 Å². The number of benzene rings is 2. The first-order valence-corrected chi connectivity index (χ1v) is 9.04. The van der Waals surface area contributed by atoms with Crippen LogP contribution in [0.2, 0.25) is 0 Å². The van der Waals surface area contributed by atoms with Crippen LogP contribution in [0.5, 0.6) is 0 Å². The molecule has 1 atom stereocenters. The molecule has 0 saturated carbocycles. The van der Waals surface area contributed by atoms with E-state index < -0.39 is 22.7 Å². The number of ketones is 1. The number of nitrogens with zero attached hydrogens (tertiary/aromatic N) is 2. The molecule has 0 aliphatic carbocycles. The quantitative estimate of drug-likeness (QED) is 0.188. The van der Waals surface area contributed by atoms with Crippen LogP contribution in [0.3, 0.4) is 0 Å². The Morgan fingerprint density at radius 1 is 1.25 bits per heavy atom. The van der Waals surface area contributed by atoms with Gasteiger partial charge in [-0.3, -0.25) is 19.7 Å². The molecule has 0 aromatic heterocycles. The highest BCUT2D eigenvalue weighted by atomic mass is 79.9. The molecule has 1 fully saturated rings. The average Bonchev–Trinajstić information content (AvgIpc) is 2.93. The molecule has 0 unspecified atom stereocenters. The first kappa shape index (κ1) is 19.5. The third-order valence-electron chi connectivity index (χ3n) is 4.38. The normalized spacial score (nSPS) is 18.3. The maximum atomic E-state index is 12.7. The van der Waals surface area contributed by atoms with E-state index in [0.29, 0.717) is 11.1 Å². The van der Waals surface area contributed by atoms with E-state index in [1.807, 2.05) is 0 Å². The van der Waals surface area contributed by atoms with Crippen LogP contribution < -0.4 is 0 Å². The molecule has 1 saturated heterocycles. The standard InChI is InChI=1S/C20H15BrN2O5/c1-2-10-22-17(13-4-3-5-15(11-13)23(27)28)16(19(25)20(22)26)18(24)12-6-8-14(21)9-7-12/h2-9,11,17,24H,1,10H2/b18-16-/t17-/m1/s1. The van der Waals surface area contributed by atoms with E-state index in [9.17, 15) is 24.8 Å². The van der Waals surface area contributed by atoms with Gasteiger partial charge in [-0.15, -0.1) is 6.58 Å². The fourth-order valence-corrected chi connectivity index (χ4v) is 3.39. The average molecular weight is 443 g/mol. The molecular weight excluding hydrogens is 428 g/mol. The Hall–Kier alpha value is -3.26. The number of nitro groups is 1. The van der Waals surface area contributed by atoms with Gasteiger partial charge in [0.15, 0.2) is 0 Å². The first-order chi connectivity index (χ1) is 13.3. The Morgan fingerprint density at radius 2 is 1.93 bits per heavy atom. The van der Waals surface area contributed by atoms with Gasteiger partial charge in [-0.1, -0.05) is 46.3 Å². The van der Waals surface area contributed by atoms with Crippen LogP contribution in [0.15, 0.2) is 71.2 Å². The summed E-state index contributed by atoms with van der Waals surface area (Å²) in [6, 6.07) is 11.3. The van der Waals surface area contributed by atoms with Crippen molar-refractivity contribution in [3.8, 4) is 0 Å². The Kier molecular flexibility index (Phi) is 5.41. The summed E-state index contributed by atoms with van der Waals surface area (Å²) in [6.07, 6.45) is 1.45. The largest absolute Gasteiger partial charge is 0.507 e. The van der Waals surface area contributed by atoms with E-state index in [2.05, 4.69) is 22.5 Å². The van der Waals surface area contributed by atoms with Crippen LogP contribution in [0.4, 0.5) is 5.69 Å². The van der Waals surface area contributed by atoms with Gasteiger partial charge in [-0.05, 0) is 17.7 Å². The number of non-ortho nitro benzene ring substituents is 1. The van der Waals surface area contributed by atoms with Crippen molar-refractivity contribution in [1.29, 1.82) is 0 Å². The van der Waals surface area contributed by atoms with E-state index in [1.165, 1.54) is 29.2 Å². The molecule has 2 aromatic rings. The minimum atomic E-state index is -0.957. The highest BCUT2D eigenvalue weighted by molar-refractivity contribution is 9.10. The van der Waals surface area contributed by atoms with Crippen molar-refractivity contribution >= 4 is 39.1 Å². The van der Waals surface area contributed by atoms with Gasteiger partial charge in [0.2, 0.25) is 0 Å². The lowest BCUT2D eigenvalue weighted by atomic mass is 9.95. The molecule has 142 valence electrons. The monoisotopic (exact) mass is 442 g/mol. The number of halogens is 1. The second-order valence-electron chi connectivity index (χ2n) is 6.10. The molecule has 1 aliphatic heterocycles. The van der Waals surface area contributed by atoms with E-state index in [-0.39, 0.29) is 23.6 Å². The summed E-state index contributed by atoms with van der Waals surface area (Å²) >= 11 is 3.30. The summed E-state index contributed by atoms with van der Waals surface area (Å²) in [5.41, 5.74) is 0.421. The summed E-state index contributed by atoms with van der Waals surface area (Å²) < 4.78 is 0.784. The third kappa shape index (κ3) is 3.46. The minimum Gasteiger partial charge on any atom is -0.507 e. The highest BCUT2D eigenvalue weighted by Gasteiger charge is 2.45. The second kappa shape index (κ2) is 7.77. The van der Waals surface area contributed by atoms with Gasteiger partial charge < -0.3 is 10.0 Å². The van der Waals surface area contributed by atoms with Gasteiger partial charge >= 0.3 is 0 Å². The molecule has 0 bridgehead atoms. The van der Waals surface area contributed by atoms with E-state index in [0.717, 1.165) is 4.47 Å². The Morgan fingerprint density at radius 3 is 2.54 bits per heavy atom. The van der Waals surface area contributed by atoms with Crippen molar-refractivity contribution < 1.29 is 19.6 Å². The summed E-state index contributed by atoms with van der Waals surface area (Å²) in [5.74, 6) is -1.98. The molecule has 3 rings (SSSR count). The number of aliphatic hydroxyl groups is 1. The minimum absolute atomic E-state index is 0.0506. The van der Waals surface area contributed by atoms with Crippen molar-refractivity contribution in [2.75, 3.05) is 6.54 Å². The first-order valence-electron chi connectivity index (χ1n) is 8.24. The lowest BCUT2D eigenvalue weighted by Crippen LogP contribution is -2.29. The molecule has 28 heavy (non-hydrogen) atoms. The van der Waals surface area contributed by atoms with Crippen LogP contribution >= 0.6 is 15.9 Å². The molecular formula is C20H15BrN2O5. The van der Waals surface area contributed by atoms with Crippen molar-refractivity contribution in [1.82, 2.24) is 4.90 Å². The number of carbonyl (C=O) groups is 2. The van der Waals surface area contributed by atoms with Gasteiger partial charge in [-0.25, -0.2) is 0 Å². The van der Waals surface area contributed by atoms with Crippen LogP contribution in [-0.2, 0) is 9.59 Å². The van der Waals surface area contributed by atoms with Gasteiger partial charge in [0, 0.05) is 28.7 Å². The van der Waals surface area contributed by atoms with E-state index in [1.54, 1.807) is 30.3 Å². The number of hydrogen-bond donors (Lipinski definition) is 1. The van der Waals surface area contributed by atoms with Gasteiger partial charge in [0.1, 0.15) is 5.76 Å². The molecule has 1 heterocycles. The van der Waals surface area contributed by atoms with Crippen molar-refractivity contribution in [3.63, 3.8) is 0 Å². The zero-order chi connectivity index (χ0) is 20.4. The molecule has 7 nitrogen and oxygen atoms in total. The fraction of sp³-hybridized carbons (Fsp3) is 0.100. The summed E-state index contributed by atoms with van der Waals surface area (Å²) in [5, 5.41) is 21.9. The Labute approximate surface area is 168 Å². The van der Waals surface area contributed by atoms with Crippen molar-refractivity contribution in [3.05, 3.63) is 92.5 Å². The smallest absolute Gasteiger partial charge is 0.295 e. The molecule has 1 N–H and O–H groups in total. The van der Waals surface area contributed by atoms with Crippen LogP contribution in [0.1, 0.15) is 17.2 Å². The predicted octanol–water partition coefficient (Wildman–Crippen LogP) is 3.97. The number of nitro benzene ring substituents is 1. The van der Waals surface area contributed by atoms with Crippen LogP contribution in [0.25, 0.3) is 5.76 Å². The summed E-state index contributed by atoms with van der Waals surface area (Å²) in [6.45, 7) is 3.65. The lowest BCUT2D eigenvalue weighted by molar-refractivity contribution is -0.384. The van der Waals surface area contributed by atoms with Crippen LogP contribution in [-0.4, -0.2) is 33.2 Å². The number of hydrogen-bond acceptors (Lipinski definition) is 5. The number of amides is 1. The second-order valence-corrected chi connectivity index (χ2v) is 7.01. The fourth-order valence-electron chi connectivity index (χ4n) is 3.13. The number of likely N-dealkylation sites (tertiary alicyclic amines) is 1. The van der Waals surface area contributed by atoms with Gasteiger partial charge in [0.25, 0.3) is 17.4 Å². The third-order valence-corrected chi connectivity index (χ3v) is 4.91. The number of aliphatic hydroxyl groups excluding tert-OH is 1.